The fourth-order valence-corrected chi connectivity index (χ4v) is 2.88. The minimum Gasteiger partial charge on any atom is -0.481 e. The molecule has 0 aliphatic heterocycles. The van der Waals surface area contributed by atoms with Crippen LogP contribution in [0.2, 0.25) is 0 Å². The van der Waals surface area contributed by atoms with E-state index in [1.807, 2.05) is 26.0 Å². The molecule has 0 spiro atoms. The van der Waals surface area contributed by atoms with Gasteiger partial charge in [0.25, 0.3) is 5.91 Å². The average Bonchev–Trinajstić information content (AvgIpc) is 2.50. The quantitative estimate of drug-likeness (QED) is 0.896. The van der Waals surface area contributed by atoms with Crippen LogP contribution in [-0.2, 0) is 4.79 Å². The first-order chi connectivity index (χ1) is 10.1. The number of benzene rings is 1. The summed E-state index contributed by atoms with van der Waals surface area (Å²) >= 11 is 0. The van der Waals surface area contributed by atoms with Crippen molar-refractivity contribution in [3.05, 3.63) is 29.3 Å². The zero-order valence-electron chi connectivity index (χ0n) is 13.4. The first-order valence-corrected chi connectivity index (χ1v) is 8.08. The highest BCUT2D eigenvalue weighted by Gasteiger charge is 2.19. The maximum absolute atomic E-state index is 12.2. The van der Waals surface area contributed by atoms with Crippen molar-refractivity contribution in [3.63, 3.8) is 0 Å². The van der Waals surface area contributed by atoms with E-state index in [1.54, 1.807) is 0 Å². The molecule has 0 bridgehead atoms. The molecule has 1 aliphatic carbocycles. The number of amides is 1. The molecular formula is C18H27NO2. The number of hydrogen-bond donors (Lipinski definition) is 1. The first kappa shape index (κ1) is 15.9. The Morgan fingerprint density at radius 1 is 1.29 bits per heavy atom. The van der Waals surface area contributed by atoms with Crippen LogP contribution in [0.25, 0.3) is 0 Å². The molecule has 0 heterocycles. The third kappa shape index (κ3) is 4.48. The molecule has 3 nitrogen and oxygen atoms in total. The molecule has 1 aromatic carbocycles. The van der Waals surface area contributed by atoms with Crippen LogP contribution in [-0.4, -0.2) is 18.6 Å². The molecule has 116 valence electrons. The number of aryl methyl sites for hydroxylation is 1. The summed E-state index contributed by atoms with van der Waals surface area (Å²) in [5, 5.41) is 3.04. The van der Waals surface area contributed by atoms with E-state index in [1.165, 1.54) is 37.7 Å². The lowest BCUT2D eigenvalue weighted by atomic mass is 9.89. The minimum absolute atomic E-state index is 0.0125. The zero-order valence-corrected chi connectivity index (χ0v) is 13.4. The lowest BCUT2D eigenvalue weighted by Crippen LogP contribution is -2.39. The summed E-state index contributed by atoms with van der Waals surface area (Å²) in [5.41, 5.74) is 2.28. The van der Waals surface area contributed by atoms with Crippen molar-refractivity contribution in [2.45, 2.75) is 59.0 Å². The summed E-state index contributed by atoms with van der Waals surface area (Å²) in [6.45, 7) is 6.69. The van der Waals surface area contributed by atoms with Crippen molar-refractivity contribution in [2.24, 2.45) is 5.92 Å². The summed E-state index contributed by atoms with van der Waals surface area (Å²) in [6.07, 6.45) is 5.98. The Morgan fingerprint density at radius 2 is 2.00 bits per heavy atom. The number of rotatable bonds is 5. The van der Waals surface area contributed by atoms with Gasteiger partial charge in [-0.15, -0.1) is 0 Å². The predicted octanol–water partition coefficient (Wildman–Crippen LogP) is 3.77. The lowest BCUT2D eigenvalue weighted by Gasteiger charge is -2.23. The topological polar surface area (TPSA) is 38.3 Å². The smallest absolute Gasteiger partial charge is 0.260 e. The molecule has 0 saturated heterocycles. The van der Waals surface area contributed by atoms with Crippen LogP contribution < -0.4 is 10.1 Å². The highest BCUT2D eigenvalue weighted by Crippen LogP contribution is 2.23. The highest BCUT2D eigenvalue weighted by molar-refractivity contribution is 5.80. The Balaban J connectivity index is 1.83. The van der Waals surface area contributed by atoms with Crippen molar-refractivity contribution < 1.29 is 9.53 Å². The fraction of sp³-hybridized carbons (Fsp3) is 0.611. The van der Waals surface area contributed by atoms with Gasteiger partial charge in [0.05, 0.1) is 0 Å². The highest BCUT2D eigenvalue weighted by atomic mass is 16.5. The maximum Gasteiger partial charge on any atom is 0.260 e. The molecule has 3 heteroatoms. The normalized spacial score (nSPS) is 17.3. The van der Waals surface area contributed by atoms with Crippen molar-refractivity contribution in [3.8, 4) is 5.75 Å². The van der Waals surface area contributed by atoms with Crippen LogP contribution in [0.5, 0.6) is 5.75 Å². The van der Waals surface area contributed by atoms with Gasteiger partial charge in [-0.05, 0) is 56.7 Å². The molecule has 1 N–H and O–H groups in total. The number of hydrogen-bond acceptors (Lipinski definition) is 2. The Hall–Kier alpha value is -1.51. The molecule has 2 rings (SSSR count). The summed E-state index contributed by atoms with van der Waals surface area (Å²) in [7, 11) is 0. The van der Waals surface area contributed by atoms with Gasteiger partial charge < -0.3 is 10.1 Å². The van der Waals surface area contributed by atoms with Gasteiger partial charge >= 0.3 is 0 Å². The van der Waals surface area contributed by atoms with E-state index in [2.05, 4.69) is 18.3 Å². The van der Waals surface area contributed by atoms with E-state index >= 15 is 0 Å². The number of ether oxygens (including phenoxy) is 1. The SMILES string of the molecule is Cc1cccc(O[C@H](C)C(=O)NCC2CCCCC2)c1C. The van der Waals surface area contributed by atoms with E-state index in [-0.39, 0.29) is 5.91 Å². The average molecular weight is 289 g/mol. The molecule has 1 saturated carbocycles. The third-order valence-electron chi connectivity index (χ3n) is 4.52. The van der Waals surface area contributed by atoms with Crippen LogP contribution in [0.4, 0.5) is 0 Å². The van der Waals surface area contributed by atoms with Crippen LogP contribution in [0, 0.1) is 19.8 Å². The van der Waals surface area contributed by atoms with Gasteiger partial charge in [-0.3, -0.25) is 4.79 Å². The van der Waals surface area contributed by atoms with Crippen molar-refractivity contribution in [2.75, 3.05) is 6.54 Å². The number of nitrogens with one attached hydrogen (secondary N) is 1. The van der Waals surface area contributed by atoms with Crippen molar-refractivity contribution in [1.82, 2.24) is 5.32 Å². The van der Waals surface area contributed by atoms with Gasteiger partial charge in [-0.2, -0.15) is 0 Å². The third-order valence-corrected chi connectivity index (χ3v) is 4.52. The number of carbonyl (C=O) groups excluding carboxylic acids is 1. The second-order valence-corrected chi connectivity index (χ2v) is 6.21. The Kier molecular flexibility index (Phi) is 5.66. The van der Waals surface area contributed by atoms with Gasteiger partial charge in [0.2, 0.25) is 0 Å². The Bertz CT molecular complexity index is 478. The molecule has 0 radical (unpaired) electrons. The fourth-order valence-electron chi connectivity index (χ4n) is 2.88. The van der Waals surface area contributed by atoms with Gasteiger partial charge in [-0.1, -0.05) is 31.4 Å². The summed E-state index contributed by atoms with van der Waals surface area (Å²) in [6, 6.07) is 5.94. The molecule has 1 aliphatic rings. The van der Waals surface area contributed by atoms with E-state index in [9.17, 15) is 4.79 Å². The van der Waals surface area contributed by atoms with Crippen LogP contribution in [0.1, 0.15) is 50.2 Å². The summed E-state index contributed by atoms with van der Waals surface area (Å²) in [5.74, 6) is 1.44. The summed E-state index contributed by atoms with van der Waals surface area (Å²) < 4.78 is 5.82. The molecular weight excluding hydrogens is 262 g/mol. The zero-order chi connectivity index (χ0) is 15.2. The van der Waals surface area contributed by atoms with Crippen molar-refractivity contribution in [1.29, 1.82) is 0 Å². The molecule has 1 fully saturated rings. The van der Waals surface area contributed by atoms with Crippen molar-refractivity contribution >= 4 is 5.91 Å². The van der Waals surface area contributed by atoms with E-state index in [4.69, 9.17) is 4.74 Å². The number of carbonyl (C=O) groups is 1. The molecule has 0 unspecified atom stereocenters. The first-order valence-electron chi connectivity index (χ1n) is 8.08. The molecule has 1 atom stereocenters. The second-order valence-electron chi connectivity index (χ2n) is 6.21. The van der Waals surface area contributed by atoms with Gasteiger partial charge in [-0.25, -0.2) is 0 Å². The maximum atomic E-state index is 12.2. The lowest BCUT2D eigenvalue weighted by molar-refractivity contribution is -0.127. The summed E-state index contributed by atoms with van der Waals surface area (Å²) in [4.78, 5) is 12.2. The van der Waals surface area contributed by atoms with Gasteiger partial charge in [0, 0.05) is 6.54 Å². The van der Waals surface area contributed by atoms with Crippen LogP contribution >= 0.6 is 0 Å². The molecule has 1 amide bonds. The van der Waals surface area contributed by atoms with Crippen LogP contribution in [0.3, 0.4) is 0 Å². The standard InChI is InChI=1S/C18H27NO2/c1-13-8-7-11-17(14(13)2)21-15(3)18(20)19-12-16-9-5-4-6-10-16/h7-8,11,15-16H,4-6,9-10,12H2,1-3H3,(H,19,20)/t15-/m1/s1. The molecule has 1 aromatic rings. The van der Waals surface area contributed by atoms with E-state index in [0.717, 1.165) is 17.9 Å². The van der Waals surface area contributed by atoms with Gasteiger partial charge in [0.1, 0.15) is 5.75 Å². The largest absolute Gasteiger partial charge is 0.481 e. The molecule has 21 heavy (non-hydrogen) atoms. The Labute approximate surface area is 128 Å². The second kappa shape index (κ2) is 7.48. The molecule has 0 aromatic heterocycles. The monoisotopic (exact) mass is 289 g/mol. The van der Waals surface area contributed by atoms with Crippen LogP contribution in [0.15, 0.2) is 18.2 Å². The predicted molar refractivity (Wildman–Crippen MR) is 85.6 cm³/mol. The Morgan fingerprint density at radius 3 is 2.71 bits per heavy atom. The van der Waals surface area contributed by atoms with Gasteiger partial charge in [0.15, 0.2) is 6.10 Å². The van der Waals surface area contributed by atoms with E-state index < -0.39 is 6.10 Å². The minimum atomic E-state index is -0.450. The van der Waals surface area contributed by atoms with E-state index in [0.29, 0.717) is 5.92 Å².